The van der Waals surface area contributed by atoms with Gasteiger partial charge in [-0.25, -0.2) is 4.98 Å². The fraction of sp³-hybridized carbons (Fsp3) is 0.211. The van der Waals surface area contributed by atoms with Gasteiger partial charge in [0.1, 0.15) is 5.92 Å². The fourth-order valence-electron chi connectivity index (χ4n) is 2.93. The van der Waals surface area contributed by atoms with E-state index in [0.29, 0.717) is 15.7 Å². The van der Waals surface area contributed by atoms with Crippen LogP contribution < -0.4 is 10.6 Å². The number of nitriles is 1. The molecule has 11 heteroatoms. The third-order valence-corrected chi connectivity index (χ3v) is 6.20. The highest BCUT2D eigenvalue weighted by Crippen LogP contribution is 2.40. The van der Waals surface area contributed by atoms with Crippen molar-refractivity contribution in [2.45, 2.75) is 5.92 Å². The van der Waals surface area contributed by atoms with Gasteiger partial charge in [-0.05, 0) is 17.7 Å². The van der Waals surface area contributed by atoms with Gasteiger partial charge in [0.05, 0.1) is 29.5 Å². The summed E-state index contributed by atoms with van der Waals surface area (Å²) in [5.41, 5.74) is 0.728. The van der Waals surface area contributed by atoms with E-state index < -0.39 is 23.7 Å². The number of ether oxygens (including phenoxy) is 1. The minimum Gasteiger partial charge on any atom is -0.468 e. The lowest BCUT2D eigenvalue weighted by molar-refractivity contribution is -0.150. The number of nitrogens with zero attached hydrogens (tertiary/aromatic N) is 2. The van der Waals surface area contributed by atoms with E-state index in [1.165, 1.54) is 18.4 Å². The molecule has 2 heterocycles. The van der Waals surface area contributed by atoms with Gasteiger partial charge in [0, 0.05) is 22.5 Å². The van der Waals surface area contributed by atoms with Crippen LogP contribution >= 0.6 is 34.7 Å². The number of esters is 1. The number of carbonyl (C=O) groups excluding carboxylic acids is 3. The van der Waals surface area contributed by atoms with Crippen molar-refractivity contribution >= 4 is 57.6 Å². The number of thioether (sulfide) groups is 1. The number of anilines is 1. The maximum atomic E-state index is 12.7. The highest BCUT2D eigenvalue weighted by molar-refractivity contribution is 8.03. The lowest BCUT2D eigenvalue weighted by Crippen LogP contribution is -2.44. The molecule has 0 spiro atoms. The quantitative estimate of drug-likeness (QED) is 0.500. The molecule has 0 radical (unpaired) electrons. The summed E-state index contributed by atoms with van der Waals surface area (Å²) in [6.45, 7) is 0. The Morgan fingerprint density at radius 3 is 2.73 bits per heavy atom. The summed E-state index contributed by atoms with van der Waals surface area (Å²) in [6, 6.07) is 8.60. The molecule has 2 amide bonds. The number of carbonyl (C=O) groups is 3. The smallest absolute Gasteiger partial charge is 0.319 e. The maximum Gasteiger partial charge on any atom is 0.319 e. The molecule has 8 nitrogen and oxygen atoms in total. The number of amides is 2. The van der Waals surface area contributed by atoms with Crippen LogP contribution in [0.25, 0.3) is 0 Å². The second kappa shape index (κ2) is 9.75. The van der Waals surface area contributed by atoms with Crippen molar-refractivity contribution in [2.24, 2.45) is 5.92 Å². The van der Waals surface area contributed by atoms with Gasteiger partial charge in [0.25, 0.3) is 0 Å². The van der Waals surface area contributed by atoms with Crippen LogP contribution in [0.2, 0.25) is 5.02 Å². The lowest BCUT2D eigenvalue weighted by Gasteiger charge is -2.30. The number of rotatable bonds is 6. The summed E-state index contributed by atoms with van der Waals surface area (Å²) in [6.07, 6.45) is 1.56. The molecule has 0 fully saturated rings. The van der Waals surface area contributed by atoms with Crippen LogP contribution in [0, 0.1) is 17.2 Å². The molecule has 0 bridgehead atoms. The molecule has 30 heavy (non-hydrogen) atoms. The molecule has 1 aromatic carbocycles. The second-order valence-corrected chi connectivity index (χ2v) is 8.36. The number of thiazole rings is 1. The zero-order valence-corrected chi connectivity index (χ0v) is 17.9. The highest BCUT2D eigenvalue weighted by atomic mass is 35.5. The minimum absolute atomic E-state index is 0.0589. The van der Waals surface area contributed by atoms with E-state index in [0.717, 1.165) is 11.8 Å². The summed E-state index contributed by atoms with van der Waals surface area (Å²) in [4.78, 5) is 41.2. The number of halogens is 1. The first-order valence-corrected chi connectivity index (χ1v) is 10.8. The summed E-state index contributed by atoms with van der Waals surface area (Å²) in [5, 5.41) is 17.9. The van der Waals surface area contributed by atoms with Crippen LogP contribution in [0.15, 0.2) is 46.4 Å². The van der Waals surface area contributed by atoms with E-state index in [1.54, 1.807) is 35.8 Å². The van der Waals surface area contributed by atoms with Crippen molar-refractivity contribution in [3.63, 3.8) is 0 Å². The summed E-state index contributed by atoms with van der Waals surface area (Å²) < 4.78 is 4.79. The molecule has 1 aromatic heterocycles. The van der Waals surface area contributed by atoms with Crippen molar-refractivity contribution < 1.29 is 19.1 Å². The van der Waals surface area contributed by atoms with Gasteiger partial charge in [-0.1, -0.05) is 35.5 Å². The number of hydrogen-bond donors (Lipinski definition) is 2. The Balaban J connectivity index is 1.91. The first-order chi connectivity index (χ1) is 14.4. The van der Waals surface area contributed by atoms with Crippen LogP contribution in [0.3, 0.4) is 0 Å². The van der Waals surface area contributed by atoms with E-state index >= 15 is 0 Å². The first-order valence-electron chi connectivity index (χ1n) is 8.55. The van der Waals surface area contributed by atoms with E-state index in [-0.39, 0.29) is 22.3 Å². The third kappa shape index (κ3) is 4.81. The predicted molar refractivity (Wildman–Crippen MR) is 114 cm³/mol. The molecular weight excluding hydrogens is 448 g/mol. The van der Waals surface area contributed by atoms with Crippen LogP contribution in [0.5, 0.6) is 0 Å². The molecule has 154 valence electrons. The molecule has 2 aromatic rings. The monoisotopic (exact) mass is 462 g/mol. The number of methoxy groups -OCH3 is 1. The number of aromatic nitrogens is 1. The van der Waals surface area contributed by atoms with E-state index in [9.17, 15) is 19.6 Å². The molecule has 0 saturated carbocycles. The molecule has 1 aliphatic rings. The normalized spacial score (nSPS) is 18.4. The zero-order chi connectivity index (χ0) is 21.7. The van der Waals surface area contributed by atoms with Crippen molar-refractivity contribution in [3.05, 3.63) is 57.0 Å². The van der Waals surface area contributed by atoms with Gasteiger partial charge in [-0.15, -0.1) is 11.3 Å². The molecule has 3 rings (SSSR count). The number of hydrogen-bond acceptors (Lipinski definition) is 8. The van der Waals surface area contributed by atoms with Crippen LogP contribution in [0.4, 0.5) is 5.13 Å². The Morgan fingerprint density at radius 2 is 2.13 bits per heavy atom. The van der Waals surface area contributed by atoms with E-state index in [2.05, 4.69) is 21.7 Å². The third-order valence-electron chi connectivity index (χ3n) is 4.24. The maximum absolute atomic E-state index is 12.7. The van der Waals surface area contributed by atoms with Gasteiger partial charge in [0.15, 0.2) is 5.13 Å². The van der Waals surface area contributed by atoms with Gasteiger partial charge in [-0.3, -0.25) is 14.4 Å². The Hall–Kier alpha value is -2.87. The van der Waals surface area contributed by atoms with Crippen molar-refractivity contribution in [2.75, 3.05) is 18.2 Å². The molecule has 2 unspecified atom stereocenters. The zero-order valence-electron chi connectivity index (χ0n) is 15.5. The predicted octanol–water partition coefficient (Wildman–Crippen LogP) is 2.91. The topological polar surface area (TPSA) is 121 Å². The average Bonchev–Trinajstić information content (AvgIpc) is 3.24. The van der Waals surface area contributed by atoms with Crippen molar-refractivity contribution in [1.82, 2.24) is 10.3 Å². The van der Waals surface area contributed by atoms with E-state index in [4.69, 9.17) is 16.3 Å². The first kappa shape index (κ1) is 21.8. The molecule has 0 saturated heterocycles. The van der Waals surface area contributed by atoms with Gasteiger partial charge < -0.3 is 15.4 Å². The summed E-state index contributed by atoms with van der Waals surface area (Å²) in [5.74, 6) is -3.87. The number of allylic oxidation sites excluding steroid dienone is 1. The second-order valence-electron chi connectivity index (χ2n) is 6.05. The summed E-state index contributed by atoms with van der Waals surface area (Å²) in [7, 11) is 1.18. The van der Waals surface area contributed by atoms with Gasteiger partial charge >= 0.3 is 5.97 Å². The molecule has 2 N–H and O–H groups in total. The molecule has 2 atom stereocenters. The standard InChI is InChI=1S/C19H15ClN4O4S2/c1-28-18(27)15-14(10-2-4-11(20)5-3-10)12(8-21)17(24-16(15)26)30-9-13(25)23-19-22-6-7-29-19/h2-7,14-15H,9H2,1H3,(H,24,26)(H,22,23,25). The SMILES string of the molecule is COC(=O)C1C(=O)NC(SCC(=O)Nc2nccs2)=C(C#N)C1c1ccc(Cl)cc1. The largest absolute Gasteiger partial charge is 0.468 e. The van der Waals surface area contributed by atoms with E-state index in [1.807, 2.05) is 0 Å². The Kier molecular flexibility index (Phi) is 7.10. The van der Waals surface area contributed by atoms with Gasteiger partial charge in [0.2, 0.25) is 11.8 Å². The number of benzene rings is 1. The minimum atomic E-state index is -1.24. The Morgan fingerprint density at radius 1 is 1.40 bits per heavy atom. The number of nitrogens with one attached hydrogen (secondary N) is 2. The molecular formula is C19H15ClN4O4S2. The van der Waals surface area contributed by atoms with Crippen molar-refractivity contribution in [3.8, 4) is 6.07 Å². The lowest BCUT2D eigenvalue weighted by atomic mass is 9.78. The molecule has 1 aliphatic heterocycles. The van der Waals surface area contributed by atoms with Crippen LogP contribution in [-0.2, 0) is 19.1 Å². The van der Waals surface area contributed by atoms with Crippen molar-refractivity contribution in [1.29, 1.82) is 5.26 Å². The Bertz CT molecular complexity index is 1030. The fourth-order valence-corrected chi connectivity index (χ4v) is 4.45. The van der Waals surface area contributed by atoms with Crippen LogP contribution in [0.1, 0.15) is 11.5 Å². The Labute approximate surface area is 185 Å². The van der Waals surface area contributed by atoms with Crippen LogP contribution in [-0.4, -0.2) is 35.6 Å². The summed E-state index contributed by atoms with van der Waals surface area (Å²) >= 11 is 8.22. The average molecular weight is 463 g/mol. The van der Waals surface area contributed by atoms with Gasteiger partial charge in [-0.2, -0.15) is 5.26 Å². The molecule has 0 aliphatic carbocycles. The highest BCUT2D eigenvalue weighted by Gasteiger charge is 2.44.